The van der Waals surface area contributed by atoms with Gasteiger partial charge in [0, 0.05) is 37.6 Å². The van der Waals surface area contributed by atoms with Crippen LogP contribution in [-0.2, 0) is 4.74 Å². The number of nitrogens with one attached hydrogen (secondary N) is 2. The van der Waals surface area contributed by atoms with Crippen LogP contribution in [0, 0.1) is 12.7 Å². The van der Waals surface area contributed by atoms with E-state index in [0.29, 0.717) is 30.2 Å². The summed E-state index contributed by atoms with van der Waals surface area (Å²) in [6.07, 6.45) is 4.50. The van der Waals surface area contributed by atoms with Crippen LogP contribution >= 0.6 is 12.4 Å². The van der Waals surface area contributed by atoms with Gasteiger partial charge in [-0.05, 0) is 44.0 Å². The van der Waals surface area contributed by atoms with E-state index in [0.717, 1.165) is 24.9 Å². The number of aromatic nitrogens is 4. The SMILES string of the molecule is CNC(=O)c1ccc(Nc2ncc(F)c(-c3cnc(C)n3C3CCOCC3)n2)cc1.Cl. The van der Waals surface area contributed by atoms with E-state index in [4.69, 9.17) is 4.74 Å². The second kappa shape index (κ2) is 9.84. The standard InChI is InChI=1S/C21H23FN6O2.ClH/c1-13-24-12-18(28(13)16-7-9-30-10-8-16)19-17(22)11-25-21(27-19)26-15-5-3-14(4-6-15)20(29)23-2;/h3-6,11-12,16H,7-10H2,1-2H3,(H,23,29)(H,25,26,27);1H. The van der Waals surface area contributed by atoms with Gasteiger partial charge in [0.25, 0.3) is 5.91 Å². The number of hydrogen-bond donors (Lipinski definition) is 2. The van der Waals surface area contributed by atoms with Crippen LogP contribution in [0.15, 0.2) is 36.7 Å². The third kappa shape index (κ3) is 4.83. The number of carbonyl (C=O) groups is 1. The summed E-state index contributed by atoms with van der Waals surface area (Å²) in [5.74, 6) is 0.396. The minimum atomic E-state index is -0.510. The lowest BCUT2D eigenvalue weighted by Crippen LogP contribution is -2.21. The quantitative estimate of drug-likeness (QED) is 0.621. The molecule has 0 aliphatic carbocycles. The van der Waals surface area contributed by atoms with Gasteiger partial charge in [-0.1, -0.05) is 0 Å². The summed E-state index contributed by atoms with van der Waals surface area (Å²) in [5.41, 5.74) is 2.05. The van der Waals surface area contributed by atoms with E-state index < -0.39 is 5.82 Å². The van der Waals surface area contributed by atoms with Crippen molar-refractivity contribution in [3.8, 4) is 11.4 Å². The zero-order valence-corrected chi connectivity index (χ0v) is 18.1. The Labute approximate surface area is 185 Å². The maximum atomic E-state index is 14.7. The summed E-state index contributed by atoms with van der Waals surface area (Å²) in [5, 5.41) is 5.64. The van der Waals surface area contributed by atoms with Gasteiger partial charge in [-0.25, -0.2) is 19.3 Å². The normalized spacial score (nSPS) is 14.0. The van der Waals surface area contributed by atoms with E-state index in [2.05, 4.69) is 25.6 Å². The zero-order valence-electron chi connectivity index (χ0n) is 17.3. The van der Waals surface area contributed by atoms with E-state index in [9.17, 15) is 9.18 Å². The molecular formula is C21H24ClFN6O2. The van der Waals surface area contributed by atoms with E-state index in [1.54, 1.807) is 37.5 Å². The van der Waals surface area contributed by atoms with Crippen molar-refractivity contribution in [2.45, 2.75) is 25.8 Å². The highest BCUT2D eigenvalue weighted by atomic mass is 35.5. The Bertz CT molecular complexity index is 1050. The van der Waals surface area contributed by atoms with Crippen LogP contribution in [0.2, 0.25) is 0 Å². The lowest BCUT2D eigenvalue weighted by molar-refractivity contribution is 0.0694. The van der Waals surface area contributed by atoms with Gasteiger partial charge in [-0.3, -0.25) is 4.79 Å². The van der Waals surface area contributed by atoms with Crippen molar-refractivity contribution >= 4 is 29.9 Å². The topological polar surface area (TPSA) is 94.0 Å². The van der Waals surface area contributed by atoms with Gasteiger partial charge in [-0.2, -0.15) is 0 Å². The number of halogens is 2. The predicted octanol–water partition coefficient (Wildman–Crippen LogP) is 3.66. The molecule has 1 amide bonds. The van der Waals surface area contributed by atoms with Crippen LogP contribution in [0.1, 0.15) is 35.1 Å². The van der Waals surface area contributed by atoms with E-state index in [1.807, 2.05) is 11.5 Å². The Morgan fingerprint density at radius 1 is 1.16 bits per heavy atom. The lowest BCUT2D eigenvalue weighted by atomic mass is 10.1. The molecule has 10 heteroatoms. The number of imidazole rings is 1. The van der Waals surface area contributed by atoms with Gasteiger partial charge < -0.3 is 19.9 Å². The molecule has 0 atom stereocenters. The fourth-order valence-electron chi connectivity index (χ4n) is 3.62. The second-order valence-corrected chi connectivity index (χ2v) is 7.08. The first-order valence-electron chi connectivity index (χ1n) is 9.80. The van der Waals surface area contributed by atoms with Gasteiger partial charge in [0.05, 0.1) is 18.1 Å². The molecule has 164 valence electrons. The molecule has 0 unspecified atom stereocenters. The molecule has 3 aromatic rings. The van der Waals surface area contributed by atoms with Crippen LogP contribution in [-0.4, -0.2) is 45.7 Å². The lowest BCUT2D eigenvalue weighted by Gasteiger charge is -2.26. The average Bonchev–Trinajstić information content (AvgIpc) is 3.16. The molecule has 4 rings (SSSR count). The molecule has 1 saturated heterocycles. The van der Waals surface area contributed by atoms with Gasteiger partial charge >= 0.3 is 0 Å². The molecule has 8 nitrogen and oxygen atoms in total. The molecule has 1 aromatic carbocycles. The Hall–Kier alpha value is -3.04. The number of aryl methyl sites for hydroxylation is 1. The molecule has 0 spiro atoms. The Morgan fingerprint density at radius 3 is 2.55 bits per heavy atom. The predicted molar refractivity (Wildman–Crippen MR) is 117 cm³/mol. The number of nitrogens with zero attached hydrogens (tertiary/aromatic N) is 4. The van der Waals surface area contributed by atoms with Crippen molar-refractivity contribution in [1.82, 2.24) is 24.8 Å². The van der Waals surface area contributed by atoms with E-state index in [1.165, 1.54) is 0 Å². The van der Waals surface area contributed by atoms with Crippen LogP contribution < -0.4 is 10.6 Å². The summed E-state index contributed by atoms with van der Waals surface area (Å²) >= 11 is 0. The first kappa shape index (κ1) is 22.6. The molecule has 31 heavy (non-hydrogen) atoms. The number of carbonyl (C=O) groups excluding carboxylic acids is 1. The first-order chi connectivity index (χ1) is 14.6. The van der Waals surface area contributed by atoms with Crippen molar-refractivity contribution < 1.29 is 13.9 Å². The molecule has 1 fully saturated rings. The molecule has 2 aromatic heterocycles. The number of amides is 1. The number of ether oxygens (including phenoxy) is 1. The highest BCUT2D eigenvalue weighted by Crippen LogP contribution is 2.31. The monoisotopic (exact) mass is 446 g/mol. The van der Waals surface area contributed by atoms with Gasteiger partial charge in [-0.15, -0.1) is 12.4 Å². The molecule has 0 saturated carbocycles. The van der Waals surface area contributed by atoms with Crippen molar-refractivity contribution in [2.75, 3.05) is 25.6 Å². The summed E-state index contributed by atoms with van der Waals surface area (Å²) in [7, 11) is 1.58. The van der Waals surface area contributed by atoms with Crippen LogP contribution in [0.25, 0.3) is 11.4 Å². The fraction of sp³-hybridized carbons (Fsp3) is 0.333. The maximum Gasteiger partial charge on any atom is 0.251 e. The van der Waals surface area contributed by atoms with E-state index in [-0.39, 0.29) is 36.0 Å². The zero-order chi connectivity index (χ0) is 21.1. The summed E-state index contributed by atoms with van der Waals surface area (Å²) < 4.78 is 22.2. The third-order valence-electron chi connectivity index (χ3n) is 5.15. The number of benzene rings is 1. The number of rotatable bonds is 5. The maximum absolute atomic E-state index is 14.7. The minimum absolute atomic E-state index is 0. The van der Waals surface area contributed by atoms with Crippen molar-refractivity contribution in [3.63, 3.8) is 0 Å². The van der Waals surface area contributed by atoms with Crippen LogP contribution in [0.5, 0.6) is 0 Å². The van der Waals surface area contributed by atoms with Crippen LogP contribution in [0.4, 0.5) is 16.0 Å². The van der Waals surface area contributed by atoms with Crippen molar-refractivity contribution in [3.05, 3.63) is 53.9 Å². The van der Waals surface area contributed by atoms with Crippen molar-refractivity contribution in [1.29, 1.82) is 0 Å². The van der Waals surface area contributed by atoms with Gasteiger partial charge in [0.15, 0.2) is 5.82 Å². The molecule has 0 radical (unpaired) electrons. The molecule has 1 aliphatic rings. The molecular weight excluding hydrogens is 423 g/mol. The summed E-state index contributed by atoms with van der Waals surface area (Å²) in [4.78, 5) is 24.5. The largest absolute Gasteiger partial charge is 0.381 e. The average molecular weight is 447 g/mol. The molecule has 0 bridgehead atoms. The number of anilines is 2. The Kier molecular flexibility index (Phi) is 7.19. The Balaban J connectivity index is 0.00000272. The molecule has 3 heterocycles. The van der Waals surface area contributed by atoms with E-state index >= 15 is 0 Å². The summed E-state index contributed by atoms with van der Waals surface area (Å²) in [6, 6.07) is 7.06. The first-order valence-corrected chi connectivity index (χ1v) is 9.80. The van der Waals surface area contributed by atoms with Gasteiger partial charge in [0.1, 0.15) is 11.5 Å². The fourth-order valence-corrected chi connectivity index (χ4v) is 3.62. The Morgan fingerprint density at radius 2 is 1.87 bits per heavy atom. The highest BCUT2D eigenvalue weighted by Gasteiger charge is 2.23. The van der Waals surface area contributed by atoms with Gasteiger partial charge in [0.2, 0.25) is 5.95 Å². The molecule has 2 N–H and O–H groups in total. The highest BCUT2D eigenvalue weighted by molar-refractivity contribution is 5.94. The minimum Gasteiger partial charge on any atom is -0.381 e. The number of hydrogen-bond acceptors (Lipinski definition) is 6. The molecule has 1 aliphatic heterocycles. The van der Waals surface area contributed by atoms with Crippen LogP contribution in [0.3, 0.4) is 0 Å². The smallest absolute Gasteiger partial charge is 0.251 e. The second-order valence-electron chi connectivity index (χ2n) is 7.08. The summed E-state index contributed by atoms with van der Waals surface area (Å²) in [6.45, 7) is 3.25. The van der Waals surface area contributed by atoms with Crippen molar-refractivity contribution in [2.24, 2.45) is 0 Å². The third-order valence-corrected chi connectivity index (χ3v) is 5.15.